The molecule has 0 fully saturated rings. The van der Waals surface area contributed by atoms with Crippen molar-refractivity contribution in [3.05, 3.63) is 79.8 Å². The first-order valence-corrected chi connectivity index (χ1v) is 11.0. The maximum atomic E-state index is 12.8. The Labute approximate surface area is 188 Å². The smallest absolute Gasteiger partial charge is 0.335 e. The Kier molecular flexibility index (Phi) is 5.20. The number of benzene rings is 1. The van der Waals surface area contributed by atoms with Crippen molar-refractivity contribution in [3.8, 4) is 0 Å². The zero-order chi connectivity index (χ0) is 23.1. The predicted octanol–water partition coefficient (Wildman–Crippen LogP) is 1.78. The van der Waals surface area contributed by atoms with E-state index in [-0.39, 0.29) is 17.6 Å². The van der Waals surface area contributed by atoms with E-state index in [0.717, 1.165) is 37.3 Å². The lowest BCUT2D eigenvalue weighted by Gasteiger charge is -2.11. The quantitative estimate of drug-likeness (QED) is 0.463. The largest absolute Gasteiger partial charge is 0.478 e. The lowest BCUT2D eigenvalue weighted by molar-refractivity contribution is 0.0696. The highest BCUT2D eigenvalue weighted by Gasteiger charge is 2.21. The van der Waals surface area contributed by atoms with E-state index in [1.165, 1.54) is 10.6 Å². The van der Waals surface area contributed by atoms with Crippen molar-refractivity contribution >= 4 is 17.1 Å². The molecule has 2 N–H and O–H groups in total. The summed E-state index contributed by atoms with van der Waals surface area (Å²) >= 11 is 0. The number of nitrogens with zero attached hydrogens (tertiary/aromatic N) is 5. The normalized spacial score (nSPS) is 13.4. The summed E-state index contributed by atoms with van der Waals surface area (Å²) in [5, 5.41) is 9.36. The summed E-state index contributed by atoms with van der Waals surface area (Å²) < 4.78 is 5.36. The fourth-order valence-corrected chi connectivity index (χ4v) is 4.52. The lowest BCUT2D eigenvalue weighted by Crippen LogP contribution is -2.30. The summed E-state index contributed by atoms with van der Waals surface area (Å²) in [6.45, 7) is 3.36. The van der Waals surface area contributed by atoms with Crippen LogP contribution in [0.25, 0.3) is 11.2 Å². The third-order valence-corrected chi connectivity index (χ3v) is 6.09. The first-order chi connectivity index (χ1) is 15.9. The number of aromatic amines is 1. The summed E-state index contributed by atoms with van der Waals surface area (Å²) in [5.41, 5.74) is 1.32. The van der Waals surface area contributed by atoms with E-state index in [2.05, 4.69) is 9.55 Å². The second kappa shape index (κ2) is 8.19. The number of hydrogen-bond acceptors (Lipinski definition) is 5. The molecule has 1 aliphatic rings. The molecule has 0 saturated heterocycles. The molecular weight excluding hydrogens is 424 g/mol. The highest BCUT2D eigenvalue weighted by atomic mass is 16.4. The van der Waals surface area contributed by atoms with E-state index in [1.54, 1.807) is 22.8 Å². The van der Waals surface area contributed by atoms with Crippen LogP contribution in [0.2, 0.25) is 0 Å². The van der Waals surface area contributed by atoms with E-state index in [1.807, 2.05) is 13.1 Å². The molecule has 33 heavy (non-hydrogen) atoms. The van der Waals surface area contributed by atoms with Gasteiger partial charge in [-0.2, -0.15) is 0 Å². The number of fused-ring (bicyclic) bond motifs is 2. The number of nitrogens with one attached hydrogen (secondary N) is 1. The Morgan fingerprint density at radius 3 is 2.79 bits per heavy atom. The lowest BCUT2D eigenvalue weighted by atomic mass is 10.1. The van der Waals surface area contributed by atoms with E-state index in [4.69, 9.17) is 9.97 Å². The van der Waals surface area contributed by atoms with E-state index < -0.39 is 17.2 Å². The molecule has 0 unspecified atom stereocenters. The number of carboxylic acids is 1. The van der Waals surface area contributed by atoms with Crippen LogP contribution in [-0.4, -0.2) is 39.7 Å². The molecule has 10 nitrogen and oxygen atoms in total. The second-order valence-corrected chi connectivity index (χ2v) is 8.27. The molecule has 0 spiro atoms. The van der Waals surface area contributed by atoms with Gasteiger partial charge >= 0.3 is 11.7 Å². The molecule has 0 bridgehead atoms. The van der Waals surface area contributed by atoms with Crippen molar-refractivity contribution in [1.29, 1.82) is 0 Å². The number of carboxylic acid groups (broad SMARTS) is 1. The summed E-state index contributed by atoms with van der Waals surface area (Å²) in [6.07, 6.45) is 5.60. The predicted molar refractivity (Wildman–Crippen MR) is 121 cm³/mol. The van der Waals surface area contributed by atoms with Crippen LogP contribution in [0, 0.1) is 0 Å². The Morgan fingerprint density at radius 1 is 1.18 bits per heavy atom. The highest BCUT2D eigenvalue weighted by Crippen LogP contribution is 2.20. The van der Waals surface area contributed by atoms with Crippen LogP contribution in [0.5, 0.6) is 0 Å². The van der Waals surface area contributed by atoms with Crippen molar-refractivity contribution in [1.82, 2.24) is 28.7 Å². The topological polar surface area (TPSA) is 128 Å². The van der Waals surface area contributed by atoms with Gasteiger partial charge in [-0.3, -0.25) is 14.3 Å². The number of hydrogen-bond donors (Lipinski definition) is 2. The molecule has 1 aromatic carbocycles. The maximum absolute atomic E-state index is 12.8. The summed E-state index contributed by atoms with van der Waals surface area (Å²) in [7, 11) is 0. The van der Waals surface area contributed by atoms with E-state index in [9.17, 15) is 19.5 Å². The van der Waals surface area contributed by atoms with Crippen LogP contribution < -0.4 is 11.2 Å². The van der Waals surface area contributed by atoms with Crippen molar-refractivity contribution in [3.63, 3.8) is 0 Å². The molecule has 0 saturated carbocycles. The van der Waals surface area contributed by atoms with Crippen LogP contribution in [0.1, 0.15) is 53.0 Å². The van der Waals surface area contributed by atoms with Crippen LogP contribution in [0.4, 0.5) is 0 Å². The number of aromatic nitrogens is 6. The van der Waals surface area contributed by atoms with E-state index >= 15 is 0 Å². The van der Waals surface area contributed by atoms with Crippen LogP contribution >= 0.6 is 0 Å². The average molecular weight is 448 g/mol. The van der Waals surface area contributed by atoms with Crippen LogP contribution in [0.3, 0.4) is 0 Å². The van der Waals surface area contributed by atoms with Crippen molar-refractivity contribution in [2.24, 2.45) is 0 Å². The van der Waals surface area contributed by atoms with Gasteiger partial charge in [0.2, 0.25) is 0 Å². The van der Waals surface area contributed by atoms with Crippen LogP contribution in [-0.2, 0) is 32.5 Å². The highest BCUT2D eigenvalue weighted by molar-refractivity contribution is 5.87. The monoisotopic (exact) mass is 448 g/mol. The van der Waals surface area contributed by atoms with Crippen LogP contribution in [0.15, 0.2) is 40.1 Å². The van der Waals surface area contributed by atoms with Gasteiger partial charge in [-0.15, -0.1) is 0 Å². The third-order valence-electron chi connectivity index (χ3n) is 6.09. The molecule has 10 heteroatoms. The molecule has 0 radical (unpaired) electrons. The Hall–Kier alpha value is -3.95. The molecule has 0 atom stereocenters. The Balaban J connectivity index is 1.65. The fourth-order valence-electron chi connectivity index (χ4n) is 4.52. The minimum atomic E-state index is -1.02. The first-order valence-electron chi connectivity index (χ1n) is 11.0. The molecule has 4 heterocycles. The molecule has 0 aliphatic carbocycles. The molecule has 5 rings (SSSR count). The van der Waals surface area contributed by atoms with Crippen molar-refractivity contribution in [2.75, 3.05) is 0 Å². The summed E-state index contributed by atoms with van der Waals surface area (Å²) in [5.74, 6) is 0.629. The third kappa shape index (κ3) is 3.77. The van der Waals surface area contributed by atoms with Gasteiger partial charge in [-0.1, -0.05) is 12.1 Å². The number of rotatable bonds is 6. The fraction of sp³-hybridized carbons (Fsp3) is 0.348. The summed E-state index contributed by atoms with van der Waals surface area (Å²) in [4.78, 5) is 48.5. The zero-order valence-corrected chi connectivity index (χ0v) is 18.2. The van der Waals surface area contributed by atoms with Gasteiger partial charge in [-0.05, 0) is 37.5 Å². The van der Waals surface area contributed by atoms with Gasteiger partial charge in [0, 0.05) is 38.7 Å². The number of aryl methyl sites for hydroxylation is 3. The standard InChI is InChI=1S/C23H24N6O4/c1-2-28-20-19(21(30)26-23(28)33)29(12-14-6-5-7-15(10-14)22(31)32)18(25-20)11-16-13-27-9-4-3-8-17(27)24-16/h5-7,10,13H,2-4,8-9,11-12H2,1H3,(H,31,32)(H,26,30,33). The van der Waals surface area contributed by atoms with E-state index in [0.29, 0.717) is 30.0 Å². The Bertz CT molecular complexity index is 1470. The molecule has 0 amide bonds. The van der Waals surface area contributed by atoms with Gasteiger partial charge in [0.15, 0.2) is 11.2 Å². The van der Waals surface area contributed by atoms with Crippen molar-refractivity contribution < 1.29 is 9.90 Å². The molecule has 3 aromatic heterocycles. The first kappa shape index (κ1) is 20.9. The number of imidazole rings is 2. The number of H-pyrrole nitrogens is 1. The number of aromatic carboxylic acids is 1. The number of carbonyl (C=O) groups is 1. The maximum Gasteiger partial charge on any atom is 0.335 e. The summed E-state index contributed by atoms with van der Waals surface area (Å²) in [6, 6.07) is 6.59. The minimum Gasteiger partial charge on any atom is -0.478 e. The SMILES string of the molecule is CCn1c(=O)[nH]c(=O)c2c1nc(Cc1cn3c(n1)CCCC3)n2Cc1cccc(C(=O)O)c1. The van der Waals surface area contributed by atoms with Crippen molar-refractivity contribution in [2.45, 2.75) is 52.2 Å². The van der Waals surface area contributed by atoms with Gasteiger partial charge in [0.25, 0.3) is 5.56 Å². The van der Waals surface area contributed by atoms with Gasteiger partial charge < -0.3 is 14.2 Å². The molecule has 1 aliphatic heterocycles. The van der Waals surface area contributed by atoms with Gasteiger partial charge in [0.1, 0.15) is 11.6 Å². The molecule has 4 aromatic rings. The molecular formula is C23H24N6O4. The van der Waals surface area contributed by atoms with Gasteiger partial charge in [0.05, 0.1) is 11.3 Å². The Morgan fingerprint density at radius 2 is 2.03 bits per heavy atom. The second-order valence-electron chi connectivity index (χ2n) is 8.27. The zero-order valence-electron chi connectivity index (χ0n) is 18.2. The van der Waals surface area contributed by atoms with Gasteiger partial charge in [-0.25, -0.2) is 19.6 Å². The molecule has 170 valence electrons. The minimum absolute atomic E-state index is 0.166. The average Bonchev–Trinajstić information content (AvgIpc) is 3.35.